The van der Waals surface area contributed by atoms with Crippen molar-refractivity contribution in [3.63, 3.8) is 0 Å². The molecule has 0 unspecified atom stereocenters. The van der Waals surface area contributed by atoms with E-state index in [4.69, 9.17) is 9.31 Å². The van der Waals surface area contributed by atoms with Gasteiger partial charge in [-0.1, -0.05) is 27.7 Å². The van der Waals surface area contributed by atoms with Crippen LogP contribution in [0.25, 0.3) is 0 Å². The van der Waals surface area contributed by atoms with Crippen molar-refractivity contribution in [2.45, 2.75) is 34.0 Å². The van der Waals surface area contributed by atoms with Gasteiger partial charge in [-0.25, -0.2) is 0 Å². The smallest absolute Gasteiger partial charge is 0.410 e. The highest BCUT2D eigenvalue weighted by molar-refractivity contribution is 6.44. The quantitative estimate of drug-likeness (QED) is 0.591. The van der Waals surface area contributed by atoms with Crippen LogP contribution in [-0.4, -0.2) is 20.3 Å². The first-order valence-corrected chi connectivity index (χ1v) is 4.73. The van der Waals surface area contributed by atoms with Gasteiger partial charge in [0.1, 0.15) is 0 Å². The molecule has 0 aromatic carbocycles. The maximum Gasteiger partial charge on any atom is 0.457 e. The monoisotopic (exact) mass is 170 g/mol. The van der Waals surface area contributed by atoms with Gasteiger partial charge in [-0.05, 0) is 12.2 Å². The van der Waals surface area contributed by atoms with Gasteiger partial charge >= 0.3 is 7.12 Å². The van der Waals surface area contributed by atoms with Crippen LogP contribution in [0.1, 0.15) is 27.7 Å². The van der Waals surface area contributed by atoms with E-state index >= 15 is 0 Å². The van der Waals surface area contributed by atoms with Crippen LogP contribution in [0.3, 0.4) is 0 Å². The third kappa shape index (κ3) is 3.15. The van der Waals surface area contributed by atoms with Crippen LogP contribution in [0.5, 0.6) is 0 Å². The summed E-state index contributed by atoms with van der Waals surface area (Å²) in [5, 5.41) is 0. The molecule has 0 radical (unpaired) electrons. The van der Waals surface area contributed by atoms with Crippen LogP contribution in [0, 0.1) is 11.3 Å². The molecule has 70 valence electrons. The molecule has 1 aliphatic heterocycles. The summed E-state index contributed by atoms with van der Waals surface area (Å²) in [6, 6.07) is 0. The van der Waals surface area contributed by atoms with Gasteiger partial charge in [0.15, 0.2) is 0 Å². The topological polar surface area (TPSA) is 18.5 Å². The molecule has 0 aromatic rings. The predicted octanol–water partition coefficient (Wildman–Crippen LogP) is 2.20. The maximum absolute atomic E-state index is 5.58. The minimum atomic E-state index is 0.0398. The number of hydrogen-bond acceptors (Lipinski definition) is 2. The van der Waals surface area contributed by atoms with Crippen molar-refractivity contribution in [1.29, 1.82) is 0 Å². The largest absolute Gasteiger partial charge is 0.457 e. The van der Waals surface area contributed by atoms with E-state index in [9.17, 15) is 0 Å². The minimum Gasteiger partial charge on any atom is -0.410 e. The van der Waals surface area contributed by atoms with E-state index in [0.29, 0.717) is 5.92 Å². The molecule has 0 aromatic heterocycles. The van der Waals surface area contributed by atoms with Crippen molar-refractivity contribution >= 4 is 7.12 Å². The molecule has 0 bridgehead atoms. The lowest BCUT2D eigenvalue weighted by Crippen LogP contribution is -2.41. The molecule has 1 saturated heterocycles. The van der Waals surface area contributed by atoms with E-state index in [2.05, 4.69) is 27.7 Å². The molecular weight excluding hydrogens is 151 g/mol. The molecule has 0 amide bonds. The fourth-order valence-electron chi connectivity index (χ4n) is 1.25. The van der Waals surface area contributed by atoms with E-state index < -0.39 is 0 Å². The Balaban J connectivity index is 2.27. The summed E-state index contributed by atoms with van der Waals surface area (Å²) in [5.74, 6) is 0.649. The highest BCUT2D eigenvalue weighted by atomic mass is 16.6. The molecule has 2 nitrogen and oxygen atoms in total. The number of hydrogen-bond donors (Lipinski definition) is 0. The molecule has 0 aliphatic carbocycles. The third-order valence-electron chi connectivity index (χ3n) is 1.98. The fraction of sp³-hybridized carbons (Fsp3) is 1.00. The summed E-state index contributed by atoms with van der Waals surface area (Å²) >= 11 is 0. The van der Waals surface area contributed by atoms with Crippen molar-refractivity contribution in [3.05, 3.63) is 0 Å². The molecule has 1 rings (SSSR count). The summed E-state index contributed by atoms with van der Waals surface area (Å²) < 4.78 is 11.2. The Labute approximate surface area is 75.8 Å². The first-order valence-electron chi connectivity index (χ1n) is 4.73. The van der Waals surface area contributed by atoms with E-state index in [1.54, 1.807) is 0 Å². The van der Waals surface area contributed by atoms with Crippen molar-refractivity contribution in [3.8, 4) is 0 Å². The maximum atomic E-state index is 5.58. The van der Waals surface area contributed by atoms with Crippen molar-refractivity contribution < 1.29 is 9.31 Å². The van der Waals surface area contributed by atoms with Gasteiger partial charge in [0.2, 0.25) is 0 Å². The Bertz CT molecular complexity index is 135. The lowest BCUT2D eigenvalue weighted by Gasteiger charge is -2.33. The van der Waals surface area contributed by atoms with Crippen LogP contribution >= 0.6 is 0 Å². The van der Waals surface area contributed by atoms with Crippen molar-refractivity contribution in [2.75, 3.05) is 13.2 Å². The summed E-state index contributed by atoms with van der Waals surface area (Å²) in [4.78, 5) is 0. The summed E-state index contributed by atoms with van der Waals surface area (Å²) in [6.45, 7) is 10.4. The predicted molar refractivity (Wildman–Crippen MR) is 51.1 cm³/mol. The SMILES string of the molecule is CC(C)CB1OCC(C)(C)CO1. The number of rotatable bonds is 2. The van der Waals surface area contributed by atoms with E-state index in [1.807, 2.05) is 0 Å². The molecule has 0 saturated carbocycles. The lowest BCUT2D eigenvalue weighted by molar-refractivity contribution is 0.0270. The fourth-order valence-corrected chi connectivity index (χ4v) is 1.25. The van der Waals surface area contributed by atoms with Gasteiger partial charge in [0.25, 0.3) is 0 Å². The molecule has 0 spiro atoms. The van der Waals surface area contributed by atoms with Gasteiger partial charge in [-0.15, -0.1) is 0 Å². The van der Waals surface area contributed by atoms with Crippen LogP contribution in [0.15, 0.2) is 0 Å². The van der Waals surface area contributed by atoms with Gasteiger partial charge in [0, 0.05) is 18.6 Å². The third-order valence-corrected chi connectivity index (χ3v) is 1.98. The molecule has 1 heterocycles. The van der Waals surface area contributed by atoms with E-state index in [-0.39, 0.29) is 12.5 Å². The summed E-state index contributed by atoms with van der Waals surface area (Å²) in [5.41, 5.74) is 0.202. The molecular formula is C9H19BO2. The Kier molecular flexibility index (Phi) is 3.19. The summed E-state index contributed by atoms with van der Waals surface area (Å²) in [7, 11) is 0.0398. The van der Waals surface area contributed by atoms with Crippen molar-refractivity contribution in [2.24, 2.45) is 11.3 Å². The second-order valence-electron chi connectivity index (χ2n) is 4.85. The zero-order chi connectivity index (χ0) is 9.19. The molecule has 12 heavy (non-hydrogen) atoms. The van der Waals surface area contributed by atoms with Gasteiger partial charge in [0.05, 0.1) is 0 Å². The van der Waals surface area contributed by atoms with E-state index in [1.165, 1.54) is 0 Å². The minimum absolute atomic E-state index is 0.0398. The Morgan fingerprint density at radius 3 is 2.17 bits per heavy atom. The highest BCUT2D eigenvalue weighted by Crippen LogP contribution is 2.23. The van der Waals surface area contributed by atoms with Gasteiger partial charge < -0.3 is 9.31 Å². The standard InChI is InChI=1S/C9H19BO2/c1-8(2)5-10-11-6-9(3,4)7-12-10/h8H,5-7H2,1-4H3. The molecule has 0 atom stereocenters. The second kappa shape index (κ2) is 3.80. The zero-order valence-electron chi connectivity index (χ0n) is 8.59. The molecule has 1 aliphatic rings. The van der Waals surface area contributed by atoms with Crippen LogP contribution in [0.4, 0.5) is 0 Å². The van der Waals surface area contributed by atoms with Gasteiger partial charge in [-0.3, -0.25) is 0 Å². The molecule has 0 N–H and O–H groups in total. The normalized spacial score (nSPS) is 23.2. The Morgan fingerprint density at radius 1 is 1.25 bits per heavy atom. The van der Waals surface area contributed by atoms with Crippen molar-refractivity contribution in [1.82, 2.24) is 0 Å². The second-order valence-corrected chi connectivity index (χ2v) is 4.85. The average molecular weight is 170 g/mol. The first-order chi connectivity index (χ1) is 5.49. The first kappa shape index (κ1) is 10.1. The van der Waals surface area contributed by atoms with Crippen LogP contribution in [0.2, 0.25) is 6.32 Å². The molecule has 3 heteroatoms. The zero-order valence-corrected chi connectivity index (χ0v) is 8.59. The Morgan fingerprint density at radius 2 is 1.75 bits per heavy atom. The van der Waals surface area contributed by atoms with Crippen LogP contribution in [-0.2, 0) is 9.31 Å². The van der Waals surface area contributed by atoms with E-state index in [0.717, 1.165) is 19.5 Å². The highest BCUT2D eigenvalue weighted by Gasteiger charge is 2.31. The van der Waals surface area contributed by atoms with Crippen LogP contribution < -0.4 is 0 Å². The van der Waals surface area contributed by atoms with Gasteiger partial charge in [-0.2, -0.15) is 0 Å². The Hall–Kier alpha value is -0.0151. The average Bonchev–Trinajstić information content (AvgIpc) is 1.93. The molecule has 1 fully saturated rings. The lowest BCUT2D eigenvalue weighted by atomic mass is 9.76. The summed E-state index contributed by atoms with van der Waals surface area (Å²) in [6.07, 6.45) is 1.01.